The van der Waals surface area contributed by atoms with E-state index >= 15 is 0 Å². The normalized spacial score (nSPS) is 19.1. The number of rotatable bonds is 1. The minimum Gasteiger partial charge on any atom is -0.335 e. The molecule has 82 valence electrons. The summed E-state index contributed by atoms with van der Waals surface area (Å²) in [6, 6.07) is -1.34. The molecule has 1 aliphatic rings. The fourth-order valence-corrected chi connectivity index (χ4v) is 1.32. The summed E-state index contributed by atoms with van der Waals surface area (Å²) < 4.78 is 35.0. The van der Waals surface area contributed by atoms with Crippen LogP contribution in [0.3, 0.4) is 0 Å². The van der Waals surface area contributed by atoms with E-state index in [4.69, 9.17) is 0 Å². The molecule has 0 aliphatic carbocycles. The van der Waals surface area contributed by atoms with E-state index in [1.54, 1.807) is 0 Å². The Morgan fingerprint density at radius 2 is 1.86 bits per heavy atom. The van der Waals surface area contributed by atoms with Gasteiger partial charge in [-0.15, -0.1) is 0 Å². The van der Waals surface area contributed by atoms with Crippen molar-refractivity contribution in [2.24, 2.45) is 0 Å². The molecule has 0 radical (unpaired) electrons. The van der Waals surface area contributed by atoms with E-state index in [0.717, 1.165) is 18.4 Å². The van der Waals surface area contributed by atoms with Crippen molar-refractivity contribution in [3.05, 3.63) is 0 Å². The molecule has 0 unspecified atom stereocenters. The number of piperidine rings is 1. The van der Waals surface area contributed by atoms with Crippen LogP contribution in [0.5, 0.6) is 0 Å². The van der Waals surface area contributed by atoms with E-state index < -0.39 is 12.3 Å². The van der Waals surface area contributed by atoms with Crippen molar-refractivity contribution >= 4 is 6.03 Å². The van der Waals surface area contributed by atoms with Gasteiger partial charge in [0.25, 0.3) is 0 Å². The Kier molecular flexibility index (Phi) is 3.56. The van der Waals surface area contributed by atoms with E-state index in [0.29, 0.717) is 12.8 Å². The van der Waals surface area contributed by atoms with Gasteiger partial charge in [0.1, 0.15) is 0 Å². The van der Waals surface area contributed by atoms with Gasteiger partial charge in [-0.25, -0.2) is 10.1 Å². The van der Waals surface area contributed by atoms with Gasteiger partial charge in [0, 0.05) is 6.04 Å². The number of nitrogens with one attached hydrogen (secondary N) is 3. The molecule has 2 amide bonds. The Bertz CT molecular complexity index is 201. The van der Waals surface area contributed by atoms with Crippen molar-refractivity contribution in [2.45, 2.75) is 25.2 Å². The van der Waals surface area contributed by atoms with Crippen molar-refractivity contribution in [2.75, 3.05) is 13.1 Å². The summed E-state index contributed by atoms with van der Waals surface area (Å²) in [5, 5.41) is 6.20. The first-order valence-corrected chi connectivity index (χ1v) is 4.33. The maximum absolute atomic E-state index is 11.7. The first-order chi connectivity index (χ1) is 6.47. The zero-order valence-electron chi connectivity index (χ0n) is 7.45. The van der Waals surface area contributed by atoms with Gasteiger partial charge >= 0.3 is 12.3 Å². The van der Waals surface area contributed by atoms with Gasteiger partial charge in [0.05, 0.1) is 0 Å². The van der Waals surface area contributed by atoms with Crippen molar-refractivity contribution in [1.82, 2.24) is 16.0 Å². The largest absolute Gasteiger partial charge is 0.485 e. The summed E-state index contributed by atoms with van der Waals surface area (Å²) in [4.78, 5) is 10.8. The van der Waals surface area contributed by atoms with E-state index in [1.807, 2.05) is 0 Å². The molecule has 0 spiro atoms. The lowest BCUT2D eigenvalue weighted by Gasteiger charge is -2.23. The number of halogens is 3. The molecule has 0 aromatic carbocycles. The molecule has 1 heterocycles. The molecule has 1 aliphatic heterocycles. The molecule has 0 atom stereocenters. The van der Waals surface area contributed by atoms with Gasteiger partial charge in [0.15, 0.2) is 0 Å². The van der Waals surface area contributed by atoms with Crippen LogP contribution in [0.15, 0.2) is 0 Å². The van der Waals surface area contributed by atoms with Crippen LogP contribution in [-0.4, -0.2) is 31.5 Å². The van der Waals surface area contributed by atoms with Gasteiger partial charge in [-0.05, 0) is 25.9 Å². The van der Waals surface area contributed by atoms with Crippen LogP contribution in [0.4, 0.5) is 18.0 Å². The second-order valence-electron chi connectivity index (χ2n) is 3.12. The molecule has 0 saturated carbocycles. The number of carbonyl (C=O) groups is 1. The highest BCUT2D eigenvalue weighted by atomic mass is 19.4. The van der Waals surface area contributed by atoms with E-state index in [9.17, 15) is 18.0 Å². The number of hydrogen-bond acceptors (Lipinski definition) is 2. The van der Waals surface area contributed by atoms with Gasteiger partial charge in [-0.3, -0.25) is 0 Å². The van der Waals surface area contributed by atoms with Crippen molar-refractivity contribution < 1.29 is 18.0 Å². The summed E-state index contributed by atoms with van der Waals surface area (Å²) >= 11 is 0. The summed E-state index contributed by atoms with van der Waals surface area (Å²) in [5.41, 5.74) is 0. The van der Waals surface area contributed by atoms with Crippen LogP contribution in [0.25, 0.3) is 0 Å². The molecule has 1 saturated heterocycles. The maximum Gasteiger partial charge on any atom is 0.485 e. The number of alkyl halides is 3. The fourth-order valence-electron chi connectivity index (χ4n) is 1.32. The van der Waals surface area contributed by atoms with Crippen LogP contribution in [0.1, 0.15) is 12.8 Å². The molecular weight excluding hydrogens is 199 g/mol. The number of amides is 2. The molecule has 0 aromatic heterocycles. The molecule has 1 rings (SSSR count). The van der Waals surface area contributed by atoms with Crippen LogP contribution < -0.4 is 16.0 Å². The number of carbonyl (C=O) groups excluding carboxylic acids is 1. The first kappa shape index (κ1) is 11.1. The molecular formula is C7H12F3N3O. The van der Waals surface area contributed by atoms with E-state index in [2.05, 4.69) is 10.6 Å². The molecule has 4 nitrogen and oxygen atoms in total. The Morgan fingerprint density at radius 3 is 2.36 bits per heavy atom. The average molecular weight is 211 g/mol. The molecule has 14 heavy (non-hydrogen) atoms. The predicted molar refractivity (Wildman–Crippen MR) is 43.6 cm³/mol. The standard InChI is InChI=1S/C7H12F3N3O/c8-7(9,10)13-6(14)12-5-1-3-11-4-2-5/h5,11H,1-4H2,(H2,12,13,14). The quantitative estimate of drug-likeness (QED) is 0.555. The van der Waals surface area contributed by atoms with Crippen LogP contribution in [-0.2, 0) is 0 Å². The summed E-state index contributed by atoms with van der Waals surface area (Å²) in [5.74, 6) is 0. The zero-order valence-corrected chi connectivity index (χ0v) is 7.45. The lowest BCUT2D eigenvalue weighted by Crippen LogP contribution is -2.50. The summed E-state index contributed by atoms with van der Waals surface area (Å²) in [6.07, 6.45) is -3.34. The lowest BCUT2D eigenvalue weighted by atomic mass is 10.1. The molecule has 0 aromatic rings. The molecule has 0 bridgehead atoms. The third kappa shape index (κ3) is 4.31. The highest BCUT2D eigenvalue weighted by Crippen LogP contribution is 2.09. The second-order valence-corrected chi connectivity index (χ2v) is 3.12. The second kappa shape index (κ2) is 4.50. The minimum atomic E-state index is -4.66. The average Bonchev–Trinajstić information content (AvgIpc) is 2.02. The zero-order chi connectivity index (χ0) is 10.6. The topological polar surface area (TPSA) is 53.2 Å². The lowest BCUT2D eigenvalue weighted by molar-refractivity contribution is -0.145. The van der Waals surface area contributed by atoms with Crippen LogP contribution in [0.2, 0.25) is 0 Å². The van der Waals surface area contributed by atoms with E-state index in [-0.39, 0.29) is 6.04 Å². The molecule has 1 fully saturated rings. The maximum atomic E-state index is 11.7. The highest BCUT2D eigenvalue weighted by molar-refractivity contribution is 5.74. The fraction of sp³-hybridized carbons (Fsp3) is 0.857. The third-order valence-corrected chi connectivity index (χ3v) is 1.93. The van der Waals surface area contributed by atoms with Gasteiger partial charge in [0.2, 0.25) is 0 Å². The Balaban J connectivity index is 2.25. The van der Waals surface area contributed by atoms with Crippen molar-refractivity contribution in [3.8, 4) is 0 Å². The minimum absolute atomic E-state index is 0.168. The molecule has 7 heteroatoms. The Labute approximate surface area is 79.2 Å². The summed E-state index contributed by atoms with van der Waals surface area (Å²) in [7, 11) is 0. The SMILES string of the molecule is O=C(NC1CCNCC1)NC(F)(F)F. The monoisotopic (exact) mass is 211 g/mol. The van der Waals surface area contributed by atoms with Crippen LogP contribution >= 0.6 is 0 Å². The van der Waals surface area contributed by atoms with E-state index in [1.165, 1.54) is 0 Å². The van der Waals surface area contributed by atoms with Gasteiger partial charge in [-0.2, -0.15) is 13.2 Å². The molecule has 3 N–H and O–H groups in total. The van der Waals surface area contributed by atoms with Gasteiger partial charge < -0.3 is 10.6 Å². The van der Waals surface area contributed by atoms with Crippen molar-refractivity contribution in [3.63, 3.8) is 0 Å². The smallest absolute Gasteiger partial charge is 0.335 e. The number of urea groups is 1. The first-order valence-electron chi connectivity index (χ1n) is 4.33. The third-order valence-electron chi connectivity index (χ3n) is 1.93. The highest BCUT2D eigenvalue weighted by Gasteiger charge is 2.30. The summed E-state index contributed by atoms with van der Waals surface area (Å²) in [6.45, 7) is 1.44. The van der Waals surface area contributed by atoms with Gasteiger partial charge in [-0.1, -0.05) is 0 Å². The Hall–Kier alpha value is -0.980. The predicted octanol–water partition coefficient (Wildman–Crippen LogP) is 0.557. The van der Waals surface area contributed by atoms with Crippen molar-refractivity contribution in [1.29, 1.82) is 0 Å². The number of hydrogen-bond donors (Lipinski definition) is 3. The van der Waals surface area contributed by atoms with Crippen LogP contribution in [0, 0.1) is 0 Å². The Morgan fingerprint density at radius 1 is 1.29 bits per heavy atom.